The number of ether oxygens (including phenoxy) is 1. The van der Waals surface area contributed by atoms with Gasteiger partial charge < -0.3 is 15.4 Å². The van der Waals surface area contributed by atoms with Gasteiger partial charge in [0.05, 0.1) is 25.6 Å². The van der Waals surface area contributed by atoms with Gasteiger partial charge in [-0.25, -0.2) is 0 Å². The van der Waals surface area contributed by atoms with Crippen molar-refractivity contribution in [3.05, 3.63) is 46.8 Å². The Bertz CT molecular complexity index is 874. The third kappa shape index (κ3) is 3.67. The summed E-state index contributed by atoms with van der Waals surface area (Å²) >= 11 is 0. The minimum absolute atomic E-state index is 0.00133. The van der Waals surface area contributed by atoms with Crippen molar-refractivity contribution in [1.82, 2.24) is 14.7 Å². The molecule has 0 saturated carbocycles. The fourth-order valence-electron chi connectivity index (χ4n) is 3.76. The van der Waals surface area contributed by atoms with Crippen LogP contribution in [0.1, 0.15) is 28.3 Å². The van der Waals surface area contributed by atoms with E-state index in [0.29, 0.717) is 19.5 Å². The third-order valence-electron chi connectivity index (χ3n) is 5.60. The quantitative estimate of drug-likeness (QED) is 0.859. The molecule has 1 aliphatic heterocycles. The van der Waals surface area contributed by atoms with Crippen LogP contribution >= 0.6 is 0 Å². The molecule has 0 radical (unpaired) electrons. The summed E-state index contributed by atoms with van der Waals surface area (Å²) in [6.07, 6.45) is 2.07. The Labute approximate surface area is 159 Å². The first-order valence-electron chi connectivity index (χ1n) is 9.01. The van der Waals surface area contributed by atoms with E-state index < -0.39 is 5.92 Å². The van der Waals surface area contributed by atoms with E-state index in [4.69, 9.17) is 10.5 Å². The van der Waals surface area contributed by atoms with Gasteiger partial charge in [0, 0.05) is 31.7 Å². The second-order valence-corrected chi connectivity index (χ2v) is 7.19. The fourth-order valence-corrected chi connectivity index (χ4v) is 3.76. The van der Waals surface area contributed by atoms with Crippen LogP contribution < -0.4 is 10.5 Å². The average molecular weight is 370 g/mol. The van der Waals surface area contributed by atoms with Crippen LogP contribution in [0.4, 0.5) is 0 Å². The molecule has 2 N–H and O–H groups in total. The van der Waals surface area contributed by atoms with Crippen LogP contribution in [0.15, 0.2) is 24.4 Å². The van der Waals surface area contributed by atoms with Gasteiger partial charge >= 0.3 is 0 Å². The Hall–Kier alpha value is -2.83. The molecular formula is C20H26N4O3. The molecule has 2 aromatic rings. The normalized spacial score (nSPS) is 19.3. The number of rotatable bonds is 5. The summed E-state index contributed by atoms with van der Waals surface area (Å²) in [7, 11) is 3.48. The van der Waals surface area contributed by atoms with Crippen molar-refractivity contribution in [3.8, 4) is 5.75 Å². The molecule has 2 amide bonds. The molecule has 1 fully saturated rings. The Morgan fingerprint density at radius 2 is 2.04 bits per heavy atom. The maximum atomic E-state index is 12.9. The van der Waals surface area contributed by atoms with Gasteiger partial charge in [0.2, 0.25) is 11.8 Å². The van der Waals surface area contributed by atoms with Crippen molar-refractivity contribution in [2.75, 3.05) is 20.2 Å². The maximum absolute atomic E-state index is 12.9. The Morgan fingerprint density at radius 1 is 1.30 bits per heavy atom. The molecule has 0 unspecified atom stereocenters. The molecule has 0 bridgehead atoms. The van der Waals surface area contributed by atoms with Crippen LogP contribution in [0.3, 0.4) is 0 Å². The number of benzene rings is 1. The summed E-state index contributed by atoms with van der Waals surface area (Å²) in [5.41, 5.74) is 9.57. The molecule has 2 atom stereocenters. The lowest BCUT2D eigenvalue weighted by Gasteiger charge is -2.17. The predicted octanol–water partition coefficient (Wildman–Crippen LogP) is 1.32. The number of nitrogens with zero attached hydrogens (tertiary/aromatic N) is 3. The minimum Gasteiger partial charge on any atom is -0.497 e. The van der Waals surface area contributed by atoms with Gasteiger partial charge in [0.1, 0.15) is 5.75 Å². The van der Waals surface area contributed by atoms with Crippen molar-refractivity contribution in [2.45, 2.75) is 26.2 Å². The van der Waals surface area contributed by atoms with Crippen LogP contribution in [0.5, 0.6) is 5.75 Å². The predicted molar refractivity (Wildman–Crippen MR) is 101 cm³/mol. The van der Waals surface area contributed by atoms with Gasteiger partial charge in [-0.3, -0.25) is 14.3 Å². The highest BCUT2D eigenvalue weighted by molar-refractivity contribution is 5.83. The molecule has 2 heterocycles. The molecule has 7 heteroatoms. The number of carbonyl (C=O) groups is 2. The number of primary amides is 1. The summed E-state index contributed by atoms with van der Waals surface area (Å²) in [6, 6.07) is 5.69. The maximum Gasteiger partial charge on any atom is 0.227 e. The Kier molecular flexibility index (Phi) is 5.21. The second kappa shape index (κ2) is 7.42. The zero-order valence-corrected chi connectivity index (χ0v) is 16.2. The van der Waals surface area contributed by atoms with E-state index in [1.54, 1.807) is 22.9 Å². The number of aryl methyl sites for hydroxylation is 2. The van der Waals surface area contributed by atoms with E-state index in [9.17, 15) is 9.59 Å². The van der Waals surface area contributed by atoms with Crippen LogP contribution in [0, 0.1) is 19.8 Å². The van der Waals surface area contributed by atoms with Gasteiger partial charge in [-0.1, -0.05) is 6.07 Å². The molecule has 1 saturated heterocycles. The minimum atomic E-state index is -0.395. The van der Waals surface area contributed by atoms with Crippen LogP contribution in [0.25, 0.3) is 0 Å². The molecule has 27 heavy (non-hydrogen) atoms. The van der Waals surface area contributed by atoms with E-state index in [2.05, 4.69) is 5.10 Å². The van der Waals surface area contributed by atoms with Crippen molar-refractivity contribution in [1.29, 1.82) is 0 Å². The monoisotopic (exact) mass is 370 g/mol. The lowest BCUT2D eigenvalue weighted by atomic mass is 9.89. The third-order valence-corrected chi connectivity index (χ3v) is 5.60. The van der Waals surface area contributed by atoms with E-state index in [-0.39, 0.29) is 17.7 Å². The first-order valence-corrected chi connectivity index (χ1v) is 9.01. The smallest absolute Gasteiger partial charge is 0.227 e. The van der Waals surface area contributed by atoms with Gasteiger partial charge in [0.15, 0.2) is 0 Å². The van der Waals surface area contributed by atoms with Gasteiger partial charge in [0.25, 0.3) is 0 Å². The summed E-state index contributed by atoms with van der Waals surface area (Å²) in [4.78, 5) is 26.6. The number of nitrogens with two attached hydrogens (primary N) is 1. The molecule has 144 valence electrons. The number of methoxy groups -OCH3 is 1. The highest BCUT2D eigenvalue weighted by atomic mass is 16.5. The van der Waals surface area contributed by atoms with Gasteiger partial charge in [-0.05, 0) is 42.7 Å². The molecule has 1 aromatic carbocycles. The van der Waals surface area contributed by atoms with E-state index in [1.165, 1.54) is 0 Å². The number of aromatic nitrogens is 2. The molecule has 0 spiro atoms. The summed E-state index contributed by atoms with van der Waals surface area (Å²) in [5.74, 6) is -0.116. The molecule has 3 rings (SSSR count). The highest BCUT2D eigenvalue weighted by Gasteiger charge is 2.40. The molecule has 0 aliphatic carbocycles. The Balaban J connectivity index is 1.78. The summed E-state index contributed by atoms with van der Waals surface area (Å²) < 4.78 is 6.99. The zero-order valence-electron chi connectivity index (χ0n) is 16.2. The van der Waals surface area contributed by atoms with Crippen LogP contribution in [-0.2, 0) is 23.1 Å². The fraction of sp³-hybridized carbons (Fsp3) is 0.450. The second-order valence-electron chi connectivity index (χ2n) is 7.19. The first kappa shape index (κ1) is 18.9. The highest BCUT2D eigenvalue weighted by Crippen LogP contribution is 2.34. The lowest BCUT2D eigenvalue weighted by Crippen LogP contribution is -2.33. The topological polar surface area (TPSA) is 90.4 Å². The van der Waals surface area contributed by atoms with Crippen molar-refractivity contribution < 1.29 is 14.3 Å². The summed E-state index contributed by atoms with van der Waals surface area (Å²) in [6.45, 7) is 4.76. The number of carbonyl (C=O) groups excluding carboxylic acids is 2. The van der Waals surface area contributed by atoms with Crippen molar-refractivity contribution in [3.63, 3.8) is 0 Å². The van der Waals surface area contributed by atoms with E-state index >= 15 is 0 Å². The number of likely N-dealkylation sites (tertiary alicyclic amines) is 1. The summed E-state index contributed by atoms with van der Waals surface area (Å²) in [5, 5.41) is 4.27. The number of hydrogen-bond acceptors (Lipinski definition) is 4. The largest absolute Gasteiger partial charge is 0.497 e. The zero-order chi connectivity index (χ0) is 19.7. The molecular weight excluding hydrogens is 344 g/mol. The van der Waals surface area contributed by atoms with Gasteiger partial charge in [-0.15, -0.1) is 0 Å². The number of hydrogen-bond donors (Lipinski definition) is 1. The van der Waals surface area contributed by atoms with Crippen molar-refractivity contribution in [2.24, 2.45) is 18.7 Å². The molecule has 7 nitrogen and oxygen atoms in total. The van der Waals surface area contributed by atoms with Gasteiger partial charge in [-0.2, -0.15) is 5.10 Å². The molecule has 1 aromatic heterocycles. The molecule has 1 aliphatic rings. The standard InChI is InChI=1S/C20H26N4O3/c1-12-7-15(27-4)6-5-14(12)8-19(25)24-10-17(18(11-24)20(21)26)16-9-22-23(3)13(16)2/h5-7,9,17-18H,8,10-11H2,1-4H3,(H2,21,26)/t17-,18+/m1/s1. The average Bonchev–Trinajstić information content (AvgIpc) is 3.21. The van der Waals surface area contributed by atoms with E-state index in [0.717, 1.165) is 28.1 Å². The van der Waals surface area contributed by atoms with Crippen molar-refractivity contribution >= 4 is 11.8 Å². The number of amides is 2. The SMILES string of the molecule is COc1ccc(CC(=O)N2C[C@H](C(N)=O)[C@@H](c3cnn(C)c3C)C2)c(C)c1. The van der Waals surface area contributed by atoms with Crippen LogP contribution in [0.2, 0.25) is 0 Å². The first-order chi connectivity index (χ1) is 12.8. The Morgan fingerprint density at radius 3 is 2.59 bits per heavy atom. The van der Waals surface area contributed by atoms with Crippen LogP contribution in [-0.4, -0.2) is 46.7 Å². The van der Waals surface area contributed by atoms with E-state index in [1.807, 2.05) is 39.1 Å². The lowest BCUT2D eigenvalue weighted by molar-refractivity contribution is -0.129.